The number of carbonyl (C=O) groups is 1. The summed E-state index contributed by atoms with van der Waals surface area (Å²) in [4.78, 5) is 18.8. The summed E-state index contributed by atoms with van der Waals surface area (Å²) in [6.07, 6.45) is 4.92. The number of H-pyrrole nitrogens is 1. The van der Waals surface area contributed by atoms with E-state index in [1.807, 2.05) is 12.1 Å². The molecule has 16 heavy (non-hydrogen) atoms. The molecule has 0 amide bonds. The third-order valence-electron chi connectivity index (χ3n) is 2.36. The minimum atomic E-state index is -0.105. The molecule has 0 aliphatic carbocycles. The number of hydrogen-bond donors (Lipinski definition) is 1. The number of allylic oxidation sites excluding steroid dienone is 1. The number of fused-ring (bicyclic) bond motifs is 1. The number of hydrogen-bond acceptors (Lipinski definition) is 3. The molecular formula is C12H8N2O2. The van der Waals surface area contributed by atoms with Gasteiger partial charge in [-0.15, -0.1) is 0 Å². The maximum absolute atomic E-state index is 11.9. The predicted molar refractivity (Wildman–Crippen MR) is 58.0 cm³/mol. The monoisotopic (exact) mass is 212 g/mol. The molecule has 2 heterocycles. The second kappa shape index (κ2) is 3.34. The van der Waals surface area contributed by atoms with E-state index in [2.05, 4.69) is 9.97 Å². The summed E-state index contributed by atoms with van der Waals surface area (Å²) in [6.45, 7) is 0. The quantitative estimate of drug-likeness (QED) is 0.736. The first-order valence-electron chi connectivity index (χ1n) is 4.87. The summed E-state index contributed by atoms with van der Waals surface area (Å²) in [5.74, 6) is 1.41. The van der Waals surface area contributed by atoms with E-state index in [1.54, 1.807) is 30.6 Å². The number of aromatic nitrogens is 2. The first-order chi connectivity index (χ1) is 7.84. The van der Waals surface area contributed by atoms with Crippen LogP contribution in [-0.4, -0.2) is 15.8 Å². The summed E-state index contributed by atoms with van der Waals surface area (Å²) < 4.78 is 5.44. The van der Waals surface area contributed by atoms with Crippen LogP contribution in [0, 0.1) is 0 Å². The van der Waals surface area contributed by atoms with Gasteiger partial charge < -0.3 is 9.72 Å². The molecule has 1 aromatic heterocycles. The van der Waals surface area contributed by atoms with Crippen molar-refractivity contribution in [3.05, 3.63) is 53.8 Å². The van der Waals surface area contributed by atoms with Gasteiger partial charge in [-0.1, -0.05) is 12.1 Å². The topological polar surface area (TPSA) is 55.0 Å². The lowest BCUT2D eigenvalue weighted by Crippen LogP contribution is -1.98. The Hall–Kier alpha value is -2.36. The first kappa shape index (κ1) is 8.91. The molecule has 0 radical (unpaired) electrons. The molecule has 0 saturated carbocycles. The van der Waals surface area contributed by atoms with Gasteiger partial charge in [0.05, 0.1) is 5.56 Å². The van der Waals surface area contributed by atoms with Gasteiger partial charge in [0, 0.05) is 18.5 Å². The van der Waals surface area contributed by atoms with Crippen LogP contribution in [0.25, 0.3) is 6.08 Å². The van der Waals surface area contributed by atoms with Gasteiger partial charge in [0.25, 0.3) is 0 Å². The van der Waals surface area contributed by atoms with Gasteiger partial charge in [-0.25, -0.2) is 4.98 Å². The molecule has 4 heteroatoms. The number of ether oxygens (including phenoxy) is 1. The van der Waals surface area contributed by atoms with Crippen LogP contribution in [0.4, 0.5) is 0 Å². The molecule has 0 saturated heterocycles. The van der Waals surface area contributed by atoms with E-state index in [9.17, 15) is 4.79 Å². The lowest BCUT2D eigenvalue weighted by Gasteiger charge is -1.95. The van der Waals surface area contributed by atoms with E-state index >= 15 is 0 Å². The van der Waals surface area contributed by atoms with Crippen molar-refractivity contribution in [1.29, 1.82) is 0 Å². The number of benzene rings is 1. The Labute approximate surface area is 91.6 Å². The van der Waals surface area contributed by atoms with Crippen LogP contribution in [0.15, 0.2) is 42.4 Å². The molecule has 1 aromatic carbocycles. The Balaban J connectivity index is 2.02. The summed E-state index contributed by atoms with van der Waals surface area (Å²) >= 11 is 0. The molecule has 1 aliphatic heterocycles. The van der Waals surface area contributed by atoms with Crippen molar-refractivity contribution >= 4 is 11.9 Å². The molecule has 0 bridgehead atoms. The van der Waals surface area contributed by atoms with E-state index in [0.717, 1.165) is 0 Å². The molecule has 0 unspecified atom stereocenters. The smallest absolute Gasteiger partial charge is 0.232 e. The summed E-state index contributed by atoms with van der Waals surface area (Å²) in [5.41, 5.74) is 0.598. The van der Waals surface area contributed by atoms with Crippen LogP contribution in [0.5, 0.6) is 5.75 Å². The van der Waals surface area contributed by atoms with E-state index < -0.39 is 0 Å². The van der Waals surface area contributed by atoms with Crippen molar-refractivity contribution in [2.75, 3.05) is 0 Å². The average Bonchev–Trinajstić information content (AvgIpc) is 2.90. The van der Waals surface area contributed by atoms with Crippen molar-refractivity contribution in [1.82, 2.24) is 9.97 Å². The van der Waals surface area contributed by atoms with Gasteiger partial charge in [0.1, 0.15) is 11.6 Å². The fraction of sp³-hybridized carbons (Fsp3) is 0. The number of aromatic amines is 1. The van der Waals surface area contributed by atoms with Crippen molar-refractivity contribution < 1.29 is 9.53 Å². The first-order valence-corrected chi connectivity index (χ1v) is 4.87. The van der Waals surface area contributed by atoms with Gasteiger partial charge in [-0.2, -0.15) is 0 Å². The molecule has 4 nitrogen and oxygen atoms in total. The molecule has 1 N–H and O–H groups in total. The summed E-state index contributed by atoms with van der Waals surface area (Å²) in [6, 6.07) is 7.18. The van der Waals surface area contributed by atoms with Crippen molar-refractivity contribution in [2.45, 2.75) is 0 Å². The number of imidazole rings is 1. The van der Waals surface area contributed by atoms with E-state index in [4.69, 9.17) is 4.74 Å². The fourth-order valence-electron chi connectivity index (χ4n) is 1.62. The number of carbonyl (C=O) groups excluding carboxylic acids is 1. The Morgan fingerprint density at radius 1 is 1.31 bits per heavy atom. The maximum Gasteiger partial charge on any atom is 0.232 e. The molecule has 2 aromatic rings. The standard InChI is InChI=1S/C12H8N2O2/c15-12-8-3-1-2-4-9(8)16-10(12)7-11-13-5-6-14-11/h1-7H,(H,13,14)/b10-7-. The normalized spacial score (nSPS) is 16.2. The molecule has 0 atom stereocenters. The lowest BCUT2D eigenvalue weighted by atomic mass is 10.1. The van der Waals surface area contributed by atoms with E-state index in [0.29, 0.717) is 22.9 Å². The van der Waals surface area contributed by atoms with Gasteiger partial charge in [-0.05, 0) is 12.1 Å². The fourth-order valence-corrected chi connectivity index (χ4v) is 1.62. The van der Waals surface area contributed by atoms with Crippen LogP contribution in [0.1, 0.15) is 16.2 Å². The molecular weight excluding hydrogens is 204 g/mol. The minimum absolute atomic E-state index is 0.105. The number of Topliss-reactive ketones (excluding diaryl/α,β-unsaturated/α-hetero) is 1. The number of nitrogens with zero attached hydrogens (tertiary/aromatic N) is 1. The highest BCUT2D eigenvalue weighted by Gasteiger charge is 2.26. The number of nitrogens with one attached hydrogen (secondary N) is 1. The van der Waals surface area contributed by atoms with Crippen molar-refractivity contribution in [3.63, 3.8) is 0 Å². The van der Waals surface area contributed by atoms with Crippen LogP contribution in [0.2, 0.25) is 0 Å². The Morgan fingerprint density at radius 3 is 2.94 bits per heavy atom. The zero-order valence-electron chi connectivity index (χ0n) is 8.31. The molecule has 1 aliphatic rings. The third kappa shape index (κ3) is 1.32. The number of para-hydroxylation sites is 1. The average molecular weight is 212 g/mol. The van der Waals surface area contributed by atoms with Crippen LogP contribution in [-0.2, 0) is 0 Å². The van der Waals surface area contributed by atoms with Gasteiger partial charge in [0.15, 0.2) is 5.76 Å². The molecule has 78 valence electrons. The second-order valence-corrected chi connectivity index (χ2v) is 3.41. The van der Waals surface area contributed by atoms with Crippen LogP contribution in [0.3, 0.4) is 0 Å². The van der Waals surface area contributed by atoms with Crippen molar-refractivity contribution in [2.24, 2.45) is 0 Å². The highest BCUT2D eigenvalue weighted by atomic mass is 16.5. The zero-order chi connectivity index (χ0) is 11.0. The Kier molecular flexibility index (Phi) is 1.86. The van der Waals surface area contributed by atoms with Gasteiger partial charge in [0.2, 0.25) is 5.78 Å². The molecule has 0 fully saturated rings. The Morgan fingerprint density at radius 2 is 2.19 bits per heavy atom. The minimum Gasteiger partial charge on any atom is -0.452 e. The number of rotatable bonds is 1. The van der Waals surface area contributed by atoms with Crippen molar-refractivity contribution in [3.8, 4) is 5.75 Å². The highest BCUT2D eigenvalue weighted by molar-refractivity contribution is 6.14. The third-order valence-corrected chi connectivity index (χ3v) is 2.36. The SMILES string of the molecule is O=C1/C(=C/c2ncc[nH]2)Oc2ccccc21. The van der Waals surface area contributed by atoms with Gasteiger partial charge >= 0.3 is 0 Å². The van der Waals surface area contributed by atoms with Gasteiger partial charge in [-0.3, -0.25) is 4.79 Å². The zero-order valence-corrected chi connectivity index (χ0v) is 8.31. The largest absolute Gasteiger partial charge is 0.452 e. The Bertz CT molecular complexity index is 570. The maximum atomic E-state index is 11.9. The number of ketones is 1. The highest BCUT2D eigenvalue weighted by Crippen LogP contribution is 2.30. The molecule has 3 rings (SSSR count). The summed E-state index contributed by atoms with van der Waals surface area (Å²) in [7, 11) is 0. The predicted octanol–water partition coefficient (Wildman–Crippen LogP) is 2.03. The van der Waals surface area contributed by atoms with E-state index in [-0.39, 0.29) is 5.78 Å². The van der Waals surface area contributed by atoms with Crippen LogP contribution < -0.4 is 4.74 Å². The lowest BCUT2D eigenvalue weighted by molar-refractivity contribution is 0.101. The van der Waals surface area contributed by atoms with E-state index in [1.165, 1.54) is 0 Å². The summed E-state index contributed by atoms with van der Waals surface area (Å²) in [5, 5.41) is 0. The second-order valence-electron chi connectivity index (χ2n) is 3.41. The molecule has 0 spiro atoms. The van der Waals surface area contributed by atoms with Crippen LogP contribution >= 0.6 is 0 Å².